The molecule has 0 aromatic rings. The number of hydrogen-bond acceptors (Lipinski definition) is 0. The van der Waals surface area contributed by atoms with Crippen molar-refractivity contribution in [1.29, 1.82) is 0 Å². The van der Waals surface area contributed by atoms with Crippen molar-refractivity contribution in [1.82, 2.24) is 0 Å². The lowest BCUT2D eigenvalue weighted by Crippen LogP contribution is -1.70. The smallest absolute Gasteiger partial charge is 0.0126 e. The Morgan fingerprint density at radius 2 is 2.11 bits per heavy atom. The maximum absolute atomic E-state index is 3.78. The van der Waals surface area contributed by atoms with Gasteiger partial charge in [0.25, 0.3) is 0 Å². The zero-order chi connectivity index (χ0) is 7.11. The minimum absolute atomic E-state index is 0.968. The first-order chi connectivity index (χ1) is 4.27. The highest BCUT2D eigenvalue weighted by Gasteiger charge is 1.79. The Balaban J connectivity index is 3.19. The Morgan fingerprint density at radius 1 is 1.44 bits per heavy atom. The van der Waals surface area contributed by atoms with E-state index in [-0.39, 0.29) is 0 Å². The Hall–Kier alpha value is -0.700. The van der Waals surface area contributed by atoms with Gasteiger partial charge in [0.15, 0.2) is 0 Å². The minimum Gasteiger partial charge on any atom is -0.104 e. The average molecular weight is 122 g/mol. The third-order valence-electron chi connectivity index (χ3n) is 0.979. The van der Waals surface area contributed by atoms with E-state index in [0.717, 1.165) is 19.3 Å². The van der Waals surface area contributed by atoms with E-state index in [2.05, 4.69) is 25.3 Å². The van der Waals surface area contributed by atoms with Crippen LogP contribution < -0.4 is 0 Å². The normalized spacial score (nSPS) is 7.78. The molecule has 0 radical (unpaired) electrons. The molecule has 0 aliphatic heterocycles. The highest BCUT2D eigenvalue weighted by molar-refractivity contribution is 5.01. The number of hydrogen-bond donors (Lipinski definition) is 0. The largest absolute Gasteiger partial charge is 0.104 e. The lowest BCUT2D eigenvalue weighted by molar-refractivity contribution is 1.01. The molecule has 0 saturated heterocycles. The van der Waals surface area contributed by atoms with Crippen LogP contribution in [-0.4, -0.2) is 0 Å². The summed E-state index contributed by atoms with van der Waals surface area (Å²) in [5, 5.41) is 0. The summed E-state index contributed by atoms with van der Waals surface area (Å²) in [5.41, 5.74) is 1.22. The third kappa shape index (κ3) is 7.30. The molecule has 0 rings (SSSR count). The van der Waals surface area contributed by atoms with Crippen molar-refractivity contribution in [2.45, 2.75) is 33.1 Å². The lowest BCUT2D eigenvalue weighted by Gasteiger charge is -1.88. The molecule has 0 atom stereocenters. The van der Waals surface area contributed by atoms with Gasteiger partial charge in [0.2, 0.25) is 0 Å². The van der Waals surface area contributed by atoms with Gasteiger partial charge in [-0.2, -0.15) is 0 Å². The number of allylic oxidation sites excluding steroid dienone is 1. The van der Waals surface area contributed by atoms with Gasteiger partial charge in [0.1, 0.15) is 0 Å². The monoisotopic (exact) mass is 122 g/mol. The van der Waals surface area contributed by atoms with Crippen LogP contribution in [0.1, 0.15) is 33.1 Å². The predicted molar refractivity (Wildman–Crippen MR) is 42.1 cm³/mol. The molecule has 0 spiro atoms. The van der Waals surface area contributed by atoms with Gasteiger partial charge in [-0.1, -0.05) is 12.5 Å². The zero-order valence-corrected chi connectivity index (χ0v) is 6.33. The van der Waals surface area contributed by atoms with Gasteiger partial charge >= 0.3 is 0 Å². The molecule has 0 heterocycles. The molecular weight excluding hydrogens is 108 g/mol. The molecule has 0 nitrogen and oxygen atoms in total. The first-order valence-corrected chi connectivity index (χ1v) is 3.37. The average Bonchev–Trinajstić information content (AvgIpc) is 1.80. The molecule has 0 saturated carbocycles. The van der Waals surface area contributed by atoms with Crippen molar-refractivity contribution in [3.8, 4) is 11.8 Å². The fraction of sp³-hybridized carbons (Fsp3) is 0.556. The Bertz CT molecular complexity index is 132. The van der Waals surface area contributed by atoms with Crippen LogP contribution in [0.5, 0.6) is 0 Å². The molecule has 50 valence electrons. The molecule has 0 aliphatic carbocycles. The second-order valence-corrected chi connectivity index (χ2v) is 2.16. The van der Waals surface area contributed by atoms with Crippen LogP contribution in [0, 0.1) is 11.8 Å². The molecule has 0 N–H and O–H groups in total. The molecule has 0 aliphatic rings. The van der Waals surface area contributed by atoms with Crippen molar-refractivity contribution in [3.05, 3.63) is 12.2 Å². The van der Waals surface area contributed by atoms with Crippen LogP contribution in [0.25, 0.3) is 0 Å². The lowest BCUT2D eigenvalue weighted by atomic mass is 10.2. The SMILES string of the molecule is C=C(C)CCC#CCC. The topological polar surface area (TPSA) is 0 Å². The van der Waals surface area contributed by atoms with Crippen LogP contribution in [0.3, 0.4) is 0 Å². The van der Waals surface area contributed by atoms with Crippen molar-refractivity contribution in [2.75, 3.05) is 0 Å². The maximum Gasteiger partial charge on any atom is 0.0126 e. The van der Waals surface area contributed by atoms with Gasteiger partial charge in [-0.3, -0.25) is 0 Å². The summed E-state index contributed by atoms with van der Waals surface area (Å²) in [7, 11) is 0. The minimum atomic E-state index is 0.968. The van der Waals surface area contributed by atoms with Crippen LogP contribution in [0.15, 0.2) is 12.2 Å². The summed E-state index contributed by atoms with van der Waals surface area (Å²) in [6, 6.07) is 0. The van der Waals surface area contributed by atoms with Gasteiger partial charge in [0.05, 0.1) is 0 Å². The highest BCUT2D eigenvalue weighted by atomic mass is 13.8. The zero-order valence-electron chi connectivity index (χ0n) is 6.33. The van der Waals surface area contributed by atoms with Crippen molar-refractivity contribution >= 4 is 0 Å². The van der Waals surface area contributed by atoms with Gasteiger partial charge in [-0.05, 0) is 13.3 Å². The standard InChI is InChI=1S/C9H14/c1-4-5-6-7-8-9(2)3/h2,4,7-8H2,1,3H3. The molecule has 9 heavy (non-hydrogen) atoms. The van der Waals surface area contributed by atoms with Gasteiger partial charge < -0.3 is 0 Å². The second kappa shape index (κ2) is 5.44. The van der Waals surface area contributed by atoms with E-state index < -0.39 is 0 Å². The summed E-state index contributed by atoms with van der Waals surface area (Å²) in [4.78, 5) is 0. The molecular formula is C9H14. The van der Waals surface area contributed by atoms with Gasteiger partial charge in [-0.25, -0.2) is 0 Å². The molecule has 0 aromatic carbocycles. The molecule has 0 heteroatoms. The van der Waals surface area contributed by atoms with Crippen LogP contribution in [0.4, 0.5) is 0 Å². The van der Waals surface area contributed by atoms with Gasteiger partial charge in [0, 0.05) is 12.8 Å². The first kappa shape index (κ1) is 8.30. The Kier molecular flexibility index (Phi) is 5.01. The summed E-state index contributed by atoms with van der Waals surface area (Å²) >= 11 is 0. The summed E-state index contributed by atoms with van der Waals surface area (Å²) in [5.74, 6) is 6.07. The number of rotatable bonds is 2. The summed E-state index contributed by atoms with van der Waals surface area (Å²) < 4.78 is 0. The van der Waals surface area contributed by atoms with Crippen LogP contribution in [0.2, 0.25) is 0 Å². The predicted octanol–water partition coefficient (Wildman–Crippen LogP) is 2.76. The maximum atomic E-state index is 3.78. The van der Waals surface area contributed by atoms with Crippen LogP contribution >= 0.6 is 0 Å². The van der Waals surface area contributed by atoms with E-state index in [1.54, 1.807) is 0 Å². The van der Waals surface area contributed by atoms with Crippen molar-refractivity contribution in [3.63, 3.8) is 0 Å². The molecule has 0 amide bonds. The Labute approximate surface area is 58.0 Å². The van der Waals surface area contributed by atoms with E-state index in [9.17, 15) is 0 Å². The van der Waals surface area contributed by atoms with E-state index in [1.807, 2.05) is 6.92 Å². The highest BCUT2D eigenvalue weighted by Crippen LogP contribution is 1.97. The van der Waals surface area contributed by atoms with Crippen LogP contribution in [-0.2, 0) is 0 Å². The molecule has 0 fully saturated rings. The van der Waals surface area contributed by atoms with E-state index >= 15 is 0 Å². The van der Waals surface area contributed by atoms with Crippen molar-refractivity contribution < 1.29 is 0 Å². The molecule has 0 unspecified atom stereocenters. The third-order valence-corrected chi connectivity index (χ3v) is 0.979. The van der Waals surface area contributed by atoms with E-state index in [4.69, 9.17) is 0 Å². The fourth-order valence-electron chi connectivity index (χ4n) is 0.489. The first-order valence-electron chi connectivity index (χ1n) is 3.37. The molecule has 0 aromatic heterocycles. The Morgan fingerprint density at radius 3 is 2.56 bits per heavy atom. The van der Waals surface area contributed by atoms with Crippen molar-refractivity contribution in [2.24, 2.45) is 0 Å². The summed E-state index contributed by atoms with van der Waals surface area (Å²) in [6.45, 7) is 7.88. The second-order valence-electron chi connectivity index (χ2n) is 2.16. The van der Waals surface area contributed by atoms with Gasteiger partial charge in [-0.15, -0.1) is 18.4 Å². The fourth-order valence-corrected chi connectivity index (χ4v) is 0.489. The van der Waals surface area contributed by atoms with E-state index in [0.29, 0.717) is 0 Å². The quantitative estimate of drug-likeness (QED) is 0.390. The van der Waals surface area contributed by atoms with E-state index in [1.165, 1.54) is 5.57 Å². The summed E-state index contributed by atoms with van der Waals surface area (Å²) in [6.07, 6.45) is 2.99. The molecule has 0 bridgehead atoms.